The van der Waals surface area contributed by atoms with Gasteiger partial charge in [0.1, 0.15) is 11.8 Å². The molecule has 28 heavy (non-hydrogen) atoms. The number of rotatable bonds is 7. The molecule has 1 atom stereocenters. The van der Waals surface area contributed by atoms with Crippen LogP contribution in [-0.4, -0.2) is 43.6 Å². The van der Waals surface area contributed by atoms with Gasteiger partial charge in [0.15, 0.2) is 0 Å². The number of thiophene rings is 1. The van der Waals surface area contributed by atoms with Crippen LogP contribution in [-0.2, 0) is 16.0 Å². The number of carbonyl (C=O) groups is 2. The predicted molar refractivity (Wildman–Crippen MR) is 111 cm³/mol. The van der Waals surface area contributed by atoms with E-state index in [4.69, 9.17) is 9.47 Å². The number of likely N-dealkylation sites (N-methyl/N-ethyl adjacent to an activating group) is 1. The van der Waals surface area contributed by atoms with Gasteiger partial charge in [-0.25, -0.2) is 4.79 Å². The van der Waals surface area contributed by atoms with Crippen LogP contribution < -0.4 is 4.74 Å². The van der Waals surface area contributed by atoms with Crippen LogP contribution in [0, 0.1) is 0 Å². The van der Waals surface area contributed by atoms with E-state index in [0.29, 0.717) is 24.3 Å². The molecule has 0 N–H and O–H groups in total. The number of fused-ring (bicyclic) bond motifs is 1. The minimum absolute atomic E-state index is 0.168. The van der Waals surface area contributed by atoms with Crippen molar-refractivity contribution in [2.45, 2.75) is 19.4 Å². The maximum Gasteiger partial charge on any atom is 0.328 e. The standard InChI is InChI=1S/C22H23NO4S/c1-4-23(21(24)18-14-28-20-11-6-5-10-17(18)20)19(22(25)27-3)13-15-8-7-9-16(12-15)26-2/h5-12,14,19H,4,13H2,1-3H3. The maximum absolute atomic E-state index is 13.3. The van der Waals surface area contributed by atoms with Crippen LogP contribution in [0.4, 0.5) is 0 Å². The summed E-state index contributed by atoms with van der Waals surface area (Å²) in [5, 5.41) is 2.76. The lowest BCUT2D eigenvalue weighted by molar-refractivity contribution is -0.146. The smallest absolute Gasteiger partial charge is 0.328 e. The number of nitrogens with zero attached hydrogens (tertiary/aromatic N) is 1. The largest absolute Gasteiger partial charge is 0.497 e. The summed E-state index contributed by atoms with van der Waals surface area (Å²) in [7, 11) is 2.94. The number of hydrogen-bond acceptors (Lipinski definition) is 5. The summed E-state index contributed by atoms with van der Waals surface area (Å²) in [6, 6.07) is 14.6. The van der Waals surface area contributed by atoms with Crippen LogP contribution in [0.1, 0.15) is 22.8 Å². The molecule has 0 bridgehead atoms. The van der Waals surface area contributed by atoms with Gasteiger partial charge >= 0.3 is 5.97 Å². The molecular weight excluding hydrogens is 374 g/mol. The van der Waals surface area contributed by atoms with Crippen LogP contribution in [0.3, 0.4) is 0 Å². The molecule has 5 nitrogen and oxygen atoms in total. The van der Waals surface area contributed by atoms with Crippen molar-refractivity contribution in [1.82, 2.24) is 4.90 Å². The van der Waals surface area contributed by atoms with E-state index in [0.717, 1.165) is 15.6 Å². The van der Waals surface area contributed by atoms with Gasteiger partial charge in [0.25, 0.3) is 5.91 Å². The Hall–Kier alpha value is -2.86. The Balaban J connectivity index is 1.94. The van der Waals surface area contributed by atoms with Crippen molar-refractivity contribution in [3.63, 3.8) is 0 Å². The molecule has 0 aliphatic heterocycles. The molecular formula is C22H23NO4S. The Bertz CT molecular complexity index is 981. The summed E-state index contributed by atoms with van der Waals surface area (Å²) >= 11 is 1.52. The Morgan fingerprint density at radius 1 is 1.11 bits per heavy atom. The van der Waals surface area contributed by atoms with E-state index >= 15 is 0 Å². The average molecular weight is 397 g/mol. The summed E-state index contributed by atoms with van der Waals surface area (Å²) in [5.74, 6) is 0.107. The fraction of sp³-hybridized carbons (Fsp3) is 0.273. The third-order valence-electron chi connectivity index (χ3n) is 4.73. The van der Waals surface area contributed by atoms with Gasteiger partial charge in [-0.2, -0.15) is 0 Å². The van der Waals surface area contributed by atoms with E-state index in [1.807, 2.05) is 60.8 Å². The van der Waals surface area contributed by atoms with Gasteiger partial charge in [-0.15, -0.1) is 11.3 Å². The molecule has 0 aliphatic carbocycles. The molecule has 0 spiro atoms. The molecule has 6 heteroatoms. The topological polar surface area (TPSA) is 55.8 Å². The fourth-order valence-electron chi connectivity index (χ4n) is 3.28. The molecule has 1 heterocycles. The number of benzene rings is 2. The molecule has 2 aromatic carbocycles. The highest BCUT2D eigenvalue weighted by atomic mass is 32.1. The lowest BCUT2D eigenvalue weighted by Crippen LogP contribution is -2.46. The molecule has 0 radical (unpaired) electrons. The normalized spacial score (nSPS) is 11.8. The van der Waals surface area contributed by atoms with Crippen molar-refractivity contribution in [2.24, 2.45) is 0 Å². The molecule has 3 aromatic rings. The van der Waals surface area contributed by atoms with E-state index in [1.54, 1.807) is 12.0 Å². The average Bonchev–Trinajstić information content (AvgIpc) is 3.17. The second kappa shape index (κ2) is 8.89. The number of methoxy groups -OCH3 is 2. The first kappa shape index (κ1) is 19.9. The van der Waals surface area contributed by atoms with Crippen LogP contribution in [0.5, 0.6) is 5.75 Å². The highest BCUT2D eigenvalue weighted by Crippen LogP contribution is 2.28. The number of ether oxygens (including phenoxy) is 2. The first-order chi connectivity index (χ1) is 13.6. The number of carbonyl (C=O) groups excluding carboxylic acids is 2. The van der Waals surface area contributed by atoms with Crippen molar-refractivity contribution in [3.8, 4) is 5.75 Å². The van der Waals surface area contributed by atoms with Crippen LogP contribution in [0.25, 0.3) is 10.1 Å². The molecule has 146 valence electrons. The maximum atomic E-state index is 13.3. The molecule has 3 rings (SSSR count). The van der Waals surface area contributed by atoms with Gasteiger partial charge < -0.3 is 14.4 Å². The quantitative estimate of drug-likeness (QED) is 0.562. The van der Waals surface area contributed by atoms with Crippen LogP contribution >= 0.6 is 11.3 Å². The van der Waals surface area contributed by atoms with Gasteiger partial charge in [-0.3, -0.25) is 4.79 Å². The van der Waals surface area contributed by atoms with E-state index < -0.39 is 12.0 Å². The zero-order valence-corrected chi connectivity index (χ0v) is 17.0. The Labute approximate surface area is 168 Å². The zero-order valence-electron chi connectivity index (χ0n) is 16.2. The van der Waals surface area contributed by atoms with Gasteiger partial charge in [0.05, 0.1) is 19.8 Å². The molecule has 0 aliphatic rings. The third-order valence-corrected chi connectivity index (χ3v) is 5.69. The molecule has 0 fully saturated rings. The molecule has 1 unspecified atom stereocenters. The highest BCUT2D eigenvalue weighted by molar-refractivity contribution is 7.17. The summed E-state index contributed by atoms with van der Waals surface area (Å²) in [6.45, 7) is 2.26. The van der Waals surface area contributed by atoms with Gasteiger partial charge in [-0.05, 0) is 30.7 Å². The van der Waals surface area contributed by atoms with Gasteiger partial charge in [-0.1, -0.05) is 30.3 Å². The lowest BCUT2D eigenvalue weighted by atomic mass is 10.0. The molecule has 0 saturated heterocycles. The third kappa shape index (κ3) is 4.02. The van der Waals surface area contributed by atoms with E-state index in [1.165, 1.54) is 18.4 Å². The second-order valence-electron chi connectivity index (χ2n) is 6.33. The van der Waals surface area contributed by atoms with E-state index in [-0.39, 0.29) is 5.91 Å². The summed E-state index contributed by atoms with van der Waals surface area (Å²) < 4.78 is 11.3. The fourth-order valence-corrected chi connectivity index (χ4v) is 4.22. The lowest BCUT2D eigenvalue weighted by Gasteiger charge is -2.29. The summed E-state index contributed by atoms with van der Waals surface area (Å²) in [6.07, 6.45) is 0.353. The van der Waals surface area contributed by atoms with E-state index in [2.05, 4.69) is 0 Å². The van der Waals surface area contributed by atoms with Crippen molar-refractivity contribution in [1.29, 1.82) is 0 Å². The second-order valence-corrected chi connectivity index (χ2v) is 7.24. The first-order valence-electron chi connectivity index (χ1n) is 9.07. The predicted octanol–water partition coefficient (Wildman–Crippen LogP) is 4.16. The number of amides is 1. The summed E-state index contributed by atoms with van der Waals surface area (Å²) in [4.78, 5) is 27.5. The Morgan fingerprint density at radius 2 is 1.89 bits per heavy atom. The zero-order chi connectivity index (χ0) is 20.1. The van der Waals surface area contributed by atoms with Crippen molar-refractivity contribution in [2.75, 3.05) is 20.8 Å². The van der Waals surface area contributed by atoms with Crippen molar-refractivity contribution >= 4 is 33.3 Å². The first-order valence-corrected chi connectivity index (χ1v) is 9.95. The van der Waals surface area contributed by atoms with Crippen molar-refractivity contribution < 1.29 is 19.1 Å². The Morgan fingerprint density at radius 3 is 2.61 bits per heavy atom. The van der Waals surface area contributed by atoms with Gasteiger partial charge in [0.2, 0.25) is 0 Å². The van der Waals surface area contributed by atoms with Crippen molar-refractivity contribution in [3.05, 3.63) is 65.0 Å². The monoisotopic (exact) mass is 397 g/mol. The summed E-state index contributed by atoms with van der Waals surface area (Å²) in [5.41, 5.74) is 1.51. The number of hydrogen-bond donors (Lipinski definition) is 0. The Kier molecular flexibility index (Phi) is 6.31. The number of esters is 1. The molecule has 0 saturated carbocycles. The van der Waals surface area contributed by atoms with Gasteiger partial charge in [0, 0.05) is 28.4 Å². The van der Waals surface area contributed by atoms with E-state index in [9.17, 15) is 9.59 Å². The highest BCUT2D eigenvalue weighted by Gasteiger charge is 2.31. The minimum Gasteiger partial charge on any atom is -0.497 e. The molecule has 1 aromatic heterocycles. The van der Waals surface area contributed by atoms with Crippen LogP contribution in [0.2, 0.25) is 0 Å². The SMILES string of the molecule is CCN(C(=O)c1csc2ccccc12)C(Cc1cccc(OC)c1)C(=O)OC. The minimum atomic E-state index is -0.715. The van der Waals surface area contributed by atoms with Crippen LogP contribution in [0.15, 0.2) is 53.9 Å². The molecule has 1 amide bonds.